The number of aromatic nitrogens is 1. The first-order chi connectivity index (χ1) is 12.1. The highest BCUT2D eigenvalue weighted by molar-refractivity contribution is 7.11. The summed E-state index contributed by atoms with van der Waals surface area (Å²) in [6, 6.07) is 14.0. The van der Waals surface area contributed by atoms with E-state index in [1.54, 1.807) is 35.7 Å². The first kappa shape index (κ1) is 16.5. The summed E-state index contributed by atoms with van der Waals surface area (Å²) in [4.78, 5) is 14.8. The monoisotopic (exact) mass is 351 g/mol. The van der Waals surface area contributed by atoms with Gasteiger partial charge in [0.05, 0.1) is 16.2 Å². The van der Waals surface area contributed by atoms with Crippen molar-refractivity contribution in [3.63, 3.8) is 0 Å². The number of non-ortho nitro benzene ring substituents is 1. The third-order valence-electron chi connectivity index (χ3n) is 3.39. The molecule has 2 aromatic carbocycles. The summed E-state index contributed by atoms with van der Waals surface area (Å²) in [6.45, 7) is 0. The van der Waals surface area contributed by atoms with E-state index in [-0.39, 0.29) is 11.5 Å². The molecule has 0 aliphatic rings. The predicted molar refractivity (Wildman–Crippen MR) is 94.1 cm³/mol. The van der Waals surface area contributed by atoms with Gasteiger partial charge in [0.2, 0.25) is 0 Å². The molecule has 0 saturated heterocycles. The van der Waals surface area contributed by atoms with Crippen molar-refractivity contribution < 1.29 is 9.31 Å². The Kier molecular flexibility index (Phi) is 4.64. The molecule has 0 saturated carbocycles. The van der Waals surface area contributed by atoms with Crippen LogP contribution in [-0.4, -0.2) is 9.91 Å². The Bertz CT molecular complexity index is 1000. The lowest BCUT2D eigenvalue weighted by molar-refractivity contribution is -0.384. The van der Waals surface area contributed by atoms with Gasteiger partial charge in [0, 0.05) is 23.1 Å². The Morgan fingerprint density at radius 3 is 2.72 bits per heavy atom. The smallest absolute Gasteiger partial charge is 0.258 e. The van der Waals surface area contributed by atoms with Crippen LogP contribution in [0.15, 0.2) is 53.9 Å². The minimum atomic E-state index is -0.487. The van der Waals surface area contributed by atoms with Crippen LogP contribution < -0.4 is 0 Å². The molecule has 0 radical (unpaired) electrons. The molecule has 0 fully saturated rings. The van der Waals surface area contributed by atoms with E-state index >= 15 is 0 Å². The van der Waals surface area contributed by atoms with Crippen molar-refractivity contribution in [2.75, 3.05) is 0 Å². The summed E-state index contributed by atoms with van der Waals surface area (Å²) in [5, 5.41) is 22.5. The third kappa shape index (κ3) is 3.76. The maximum Gasteiger partial charge on any atom is 0.270 e. The molecule has 3 rings (SSSR count). The lowest BCUT2D eigenvalue weighted by Crippen LogP contribution is -1.88. The van der Waals surface area contributed by atoms with Crippen molar-refractivity contribution in [2.45, 2.75) is 0 Å². The lowest BCUT2D eigenvalue weighted by Gasteiger charge is -1.97. The fraction of sp³-hybridized carbons (Fsp3) is 0. The van der Waals surface area contributed by atoms with Gasteiger partial charge in [0.15, 0.2) is 0 Å². The maximum absolute atomic E-state index is 13.0. The molecule has 0 amide bonds. The van der Waals surface area contributed by atoms with E-state index in [0.29, 0.717) is 21.8 Å². The van der Waals surface area contributed by atoms with Gasteiger partial charge in [-0.15, -0.1) is 11.3 Å². The molecule has 0 bridgehead atoms. The van der Waals surface area contributed by atoms with Crippen molar-refractivity contribution in [1.82, 2.24) is 4.98 Å². The molecule has 0 atom stereocenters. The molecule has 7 heteroatoms. The van der Waals surface area contributed by atoms with Crippen LogP contribution in [0.2, 0.25) is 0 Å². The van der Waals surface area contributed by atoms with Crippen LogP contribution >= 0.6 is 11.3 Å². The number of hydrogen-bond donors (Lipinski definition) is 0. The largest absolute Gasteiger partial charge is 0.270 e. The Labute approximate surface area is 146 Å². The van der Waals surface area contributed by atoms with Crippen LogP contribution in [0.3, 0.4) is 0 Å². The molecular formula is C18H10FN3O2S. The predicted octanol–water partition coefficient (Wildman–Crippen LogP) is 4.92. The number of halogens is 1. The van der Waals surface area contributed by atoms with Crippen LogP contribution in [0.1, 0.15) is 10.6 Å². The van der Waals surface area contributed by atoms with Gasteiger partial charge in [-0.05, 0) is 35.9 Å². The van der Waals surface area contributed by atoms with Crippen LogP contribution in [0.5, 0.6) is 0 Å². The number of nitriles is 1. The van der Waals surface area contributed by atoms with Gasteiger partial charge in [-0.25, -0.2) is 9.37 Å². The van der Waals surface area contributed by atoms with Gasteiger partial charge < -0.3 is 0 Å². The number of benzene rings is 2. The van der Waals surface area contributed by atoms with Crippen LogP contribution in [0.25, 0.3) is 22.9 Å². The zero-order valence-corrected chi connectivity index (χ0v) is 13.5. The second kappa shape index (κ2) is 7.03. The van der Waals surface area contributed by atoms with Crippen LogP contribution in [0.4, 0.5) is 10.1 Å². The van der Waals surface area contributed by atoms with E-state index in [0.717, 1.165) is 5.56 Å². The molecular weight excluding hydrogens is 341 g/mol. The van der Waals surface area contributed by atoms with E-state index < -0.39 is 4.92 Å². The second-order valence-corrected chi connectivity index (χ2v) is 5.92. The summed E-state index contributed by atoms with van der Waals surface area (Å²) >= 11 is 1.28. The maximum atomic E-state index is 13.0. The molecule has 0 spiro atoms. The minimum Gasteiger partial charge on any atom is -0.258 e. The molecule has 1 aromatic heterocycles. The van der Waals surface area contributed by atoms with Gasteiger partial charge in [0.1, 0.15) is 16.9 Å². The van der Waals surface area contributed by atoms with Crippen molar-refractivity contribution in [1.29, 1.82) is 5.26 Å². The van der Waals surface area contributed by atoms with Crippen LogP contribution in [0, 0.1) is 27.3 Å². The number of nitrogens with zero attached hydrogens (tertiary/aromatic N) is 3. The highest BCUT2D eigenvalue weighted by atomic mass is 32.1. The summed E-state index contributed by atoms with van der Waals surface area (Å²) in [5.74, 6) is -0.331. The summed E-state index contributed by atoms with van der Waals surface area (Å²) in [6.07, 6.45) is 1.56. The van der Waals surface area contributed by atoms with E-state index in [1.165, 1.54) is 35.6 Å². The molecule has 122 valence electrons. The fourth-order valence-electron chi connectivity index (χ4n) is 2.19. The quantitative estimate of drug-likeness (QED) is 0.379. The molecule has 25 heavy (non-hydrogen) atoms. The lowest BCUT2D eigenvalue weighted by atomic mass is 10.1. The molecule has 0 aliphatic carbocycles. The molecule has 5 nitrogen and oxygen atoms in total. The second-order valence-electron chi connectivity index (χ2n) is 5.07. The Morgan fingerprint density at radius 1 is 1.28 bits per heavy atom. The van der Waals surface area contributed by atoms with Crippen molar-refractivity contribution in [2.24, 2.45) is 0 Å². The van der Waals surface area contributed by atoms with Crippen molar-refractivity contribution in [3.8, 4) is 17.3 Å². The molecule has 0 aliphatic heterocycles. The van der Waals surface area contributed by atoms with Crippen molar-refractivity contribution >= 4 is 28.7 Å². The zero-order chi connectivity index (χ0) is 17.8. The molecule has 0 unspecified atom stereocenters. The average molecular weight is 351 g/mol. The number of rotatable bonds is 4. The summed E-state index contributed by atoms with van der Waals surface area (Å²) < 4.78 is 13.0. The number of nitro groups is 1. The molecule has 1 heterocycles. The van der Waals surface area contributed by atoms with Crippen LogP contribution in [-0.2, 0) is 0 Å². The van der Waals surface area contributed by atoms with Gasteiger partial charge in [0.25, 0.3) is 5.69 Å². The normalized spacial score (nSPS) is 11.1. The van der Waals surface area contributed by atoms with E-state index in [4.69, 9.17) is 0 Å². The Hall–Kier alpha value is -3.37. The van der Waals surface area contributed by atoms with E-state index in [1.807, 2.05) is 0 Å². The van der Waals surface area contributed by atoms with Gasteiger partial charge in [-0.2, -0.15) is 5.26 Å². The highest BCUT2D eigenvalue weighted by Gasteiger charge is 2.10. The van der Waals surface area contributed by atoms with Gasteiger partial charge >= 0.3 is 0 Å². The number of nitro benzene ring substituents is 1. The minimum absolute atomic E-state index is 0.0443. The number of allylic oxidation sites excluding steroid dienone is 1. The first-order valence-electron chi connectivity index (χ1n) is 7.15. The zero-order valence-electron chi connectivity index (χ0n) is 12.7. The average Bonchev–Trinajstić information content (AvgIpc) is 3.10. The highest BCUT2D eigenvalue weighted by Crippen LogP contribution is 2.27. The van der Waals surface area contributed by atoms with E-state index in [2.05, 4.69) is 11.1 Å². The molecule has 0 N–H and O–H groups in total. The fourth-order valence-corrected chi connectivity index (χ4v) is 2.98. The SMILES string of the molecule is N#C/C(=C/c1cccc([N+](=O)[O-])c1)c1nc(-c2ccc(F)cc2)cs1. The topological polar surface area (TPSA) is 79.8 Å². The van der Waals surface area contributed by atoms with Gasteiger partial charge in [-0.1, -0.05) is 12.1 Å². The Balaban J connectivity index is 1.94. The molecule has 3 aromatic rings. The summed E-state index contributed by atoms with van der Waals surface area (Å²) in [7, 11) is 0. The summed E-state index contributed by atoms with van der Waals surface area (Å²) in [5.41, 5.74) is 2.19. The Morgan fingerprint density at radius 2 is 2.04 bits per heavy atom. The van der Waals surface area contributed by atoms with Crippen molar-refractivity contribution in [3.05, 3.63) is 80.4 Å². The number of hydrogen-bond acceptors (Lipinski definition) is 5. The van der Waals surface area contributed by atoms with E-state index in [9.17, 15) is 19.8 Å². The standard InChI is InChI=1S/C18H10FN3O2S/c19-15-6-4-13(5-7-15)17-11-25-18(21-17)14(10-20)8-12-2-1-3-16(9-12)22(23)24/h1-9,11H/b14-8-. The third-order valence-corrected chi connectivity index (χ3v) is 4.26. The van der Waals surface area contributed by atoms with Gasteiger partial charge in [-0.3, -0.25) is 10.1 Å². The first-order valence-corrected chi connectivity index (χ1v) is 8.03. The number of thiazole rings is 1.